The first-order valence-corrected chi connectivity index (χ1v) is 9.85. The van der Waals surface area contributed by atoms with Crippen LogP contribution in [0.3, 0.4) is 0 Å². The van der Waals surface area contributed by atoms with Crippen LogP contribution >= 0.6 is 0 Å². The van der Waals surface area contributed by atoms with E-state index < -0.39 is 0 Å². The van der Waals surface area contributed by atoms with Gasteiger partial charge in [-0.15, -0.1) is 0 Å². The zero-order valence-corrected chi connectivity index (χ0v) is 16.3. The Balaban J connectivity index is 1.40. The number of aromatic nitrogens is 3. The molecule has 3 aromatic rings. The van der Waals surface area contributed by atoms with Gasteiger partial charge in [0.1, 0.15) is 23.4 Å². The van der Waals surface area contributed by atoms with Crippen LogP contribution in [0.4, 0.5) is 5.82 Å². The summed E-state index contributed by atoms with van der Waals surface area (Å²) in [5.74, 6) is 2.90. The van der Waals surface area contributed by atoms with Crippen LogP contribution in [-0.2, 0) is 12.8 Å². The largest absolute Gasteiger partial charge is 0.497 e. The highest BCUT2D eigenvalue weighted by Gasteiger charge is 2.33. The van der Waals surface area contributed by atoms with Crippen molar-refractivity contribution in [1.82, 2.24) is 19.9 Å². The maximum absolute atomic E-state index is 6.13. The molecule has 0 unspecified atom stereocenters. The van der Waals surface area contributed by atoms with Gasteiger partial charge in [0, 0.05) is 24.1 Å². The van der Waals surface area contributed by atoms with E-state index >= 15 is 0 Å². The number of ether oxygens (including phenoxy) is 2. The van der Waals surface area contributed by atoms with Crippen molar-refractivity contribution in [2.24, 2.45) is 0 Å². The Morgan fingerprint density at radius 1 is 1.07 bits per heavy atom. The Labute approximate surface area is 164 Å². The van der Waals surface area contributed by atoms with Crippen molar-refractivity contribution < 1.29 is 9.47 Å². The first-order chi connectivity index (χ1) is 13.7. The van der Waals surface area contributed by atoms with Crippen molar-refractivity contribution in [2.45, 2.75) is 25.9 Å². The number of aryl methyl sites for hydroxylation is 1. The highest BCUT2D eigenvalue weighted by atomic mass is 16.5. The summed E-state index contributed by atoms with van der Waals surface area (Å²) in [7, 11) is 1.67. The molecule has 5 rings (SSSR count). The van der Waals surface area contributed by atoms with Gasteiger partial charge in [0.2, 0.25) is 0 Å². The third-order valence-corrected chi connectivity index (χ3v) is 5.58. The van der Waals surface area contributed by atoms with E-state index in [9.17, 15) is 0 Å². The van der Waals surface area contributed by atoms with Gasteiger partial charge in [-0.2, -0.15) is 9.61 Å². The molecule has 0 spiro atoms. The SMILES string of the molecule is COc1ccc(OC2CN(c3c4c(nc5c(C)cnn35)CCNCC4)C2)cc1. The van der Waals surface area contributed by atoms with E-state index in [4.69, 9.17) is 14.5 Å². The molecule has 4 heterocycles. The van der Waals surface area contributed by atoms with E-state index in [0.29, 0.717) is 0 Å². The number of hydrogen-bond donors (Lipinski definition) is 1. The van der Waals surface area contributed by atoms with Crippen LogP contribution in [0.15, 0.2) is 30.5 Å². The molecule has 0 radical (unpaired) electrons. The van der Waals surface area contributed by atoms with Crippen LogP contribution in [0.2, 0.25) is 0 Å². The Kier molecular flexibility index (Phi) is 4.31. The van der Waals surface area contributed by atoms with Crippen molar-refractivity contribution in [1.29, 1.82) is 0 Å². The van der Waals surface area contributed by atoms with Crippen molar-refractivity contribution in [3.63, 3.8) is 0 Å². The summed E-state index contributed by atoms with van der Waals surface area (Å²) in [6.45, 7) is 5.74. The Bertz CT molecular complexity index is 992. The highest BCUT2D eigenvalue weighted by Crippen LogP contribution is 2.31. The standard InChI is InChI=1S/C21H25N5O2/c1-14-11-23-26-20(14)24-19-8-10-22-9-7-18(19)21(26)25-12-17(13-25)28-16-5-3-15(27-2)4-6-16/h3-6,11,17,22H,7-10,12-13H2,1-2H3. The van der Waals surface area contributed by atoms with Gasteiger partial charge in [0.15, 0.2) is 5.65 Å². The van der Waals surface area contributed by atoms with Crippen LogP contribution in [0.5, 0.6) is 11.5 Å². The van der Waals surface area contributed by atoms with Crippen molar-refractivity contribution in [2.75, 3.05) is 38.2 Å². The van der Waals surface area contributed by atoms with Crippen LogP contribution in [0.25, 0.3) is 5.65 Å². The quantitative estimate of drug-likeness (QED) is 0.748. The predicted octanol–water partition coefficient (Wildman–Crippen LogP) is 2.00. The third-order valence-electron chi connectivity index (χ3n) is 5.58. The maximum Gasteiger partial charge on any atom is 0.160 e. The molecule has 2 aliphatic heterocycles. The number of rotatable bonds is 4. The van der Waals surface area contributed by atoms with E-state index in [1.807, 2.05) is 35.0 Å². The first-order valence-electron chi connectivity index (χ1n) is 9.85. The van der Waals surface area contributed by atoms with Crippen LogP contribution in [0.1, 0.15) is 16.8 Å². The molecule has 28 heavy (non-hydrogen) atoms. The summed E-state index contributed by atoms with van der Waals surface area (Å²) in [6, 6.07) is 7.77. The van der Waals surface area contributed by atoms with Gasteiger partial charge in [-0.25, -0.2) is 4.98 Å². The minimum atomic E-state index is 0.174. The lowest BCUT2D eigenvalue weighted by Gasteiger charge is -2.41. The van der Waals surface area contributed by atoms with Crippen molar-refractivity contribution in [3.8, 4) is 11.5 Å². The molecule has 146 valence electrons. The Morgan fingerprint density at radius 2 is 1.82 bits per heavy atom. The molecular weight excluding hydrogens is 354 g/mol. The van der Waals surface area contributed by atoms with Crippen LogP contribution in [0, 0.1) is 6.92 Å². The van der Waals surface area contributed by atoms with Crippen molar-refractivity contribution in [3.05, 3.63) is 47.3 Å². The Hall–Kier alpha value is -2.80. The second-order valence-electron chi connectivity index (χ2n) is 7.49. The third kappa shape index (κ3) is 2.96. The fourth-order valence-electron chi connectivity index (χ4n) is 4.03. The average Bonchev–Trinajstić information content (AvgIpc) is 2.90. The number of nitrogens with one attached hydrogen (secondary N) is 1. The fraction of sp³-hybridized carbons (Fsp3) is 0.429. The lowest BCUT2D eigenvalue weighted by molar-refractivity contribution is 0.166. The number of benzene rings is 1. The van der Waals surface area contributed by atoms with Gasteiger partial charge >= 0.3 is 0 Å². The summed E-state index contributed by atoms with van der Waals surface area (Å²) in [5, 5.41) is 8.11. The van der Waals surface area contributed by atoms with Gasteiger partial charge < -0.3 is 19.7 Å². The number of fused-ring (bicyclic) bond motifs is 2. The summed E-state index contributed by atoms with van der Waals surface area (Å²) in [5.41, 5.74) is 4.61. The molecule has 1 fully saturated rings. The van der Waals surface area contributed by atoms with Gasteiger partial charge in [-0.1, -0.05) is 0 Å². The zero-order valence-electron chi connectivity index (χ0n) is 16.3. The second kappa shape index (κ2) is 6.98. The number of hydrogen-bond acceptors (Lipinski definition) is 6. The van der Waals surface area contributed by atoms with Gasteiger partial charge in [-0.05, 0) is 44.2 Å². The van der Waals surface area contributed by atoms with Gasteiger partial charge in [-0.3, -0.25) is 0 Å². The smallest absolute Gasteiger partial charge is 0.160 e. The molecule has 0 saturated carbocycles. The Morgan fingerprint density at radius 3 is 2.61 bits per heavy atom. The number of nitrogens with zero attached hydrogens (tertiary/aromatic N) is 4. The predicted molar refractivity (Wildman–Crippen MR) is 108 cm³/mol. The molecule has 0 atom stereocenters. The van der Waals surface area contributed by atoms with Gasteiger partial charge in [0.25, 0.3) is 0 Å². The van der Waals surface area contributed by atoms with Crippen molar-refractivity contribution >= 4 is 11.5 Å². The highest BCUT2D eigenvalue weighted by molar-refractivity contribution is 5.61. The first kappa shape index (κ1) is 17.3. The van der Waals surface area contributed by atoms with E-state index in [2.05, 4.69) is 22.2 Å². The summed E-state index contributed by atoms with van der Waals surface area (Å²) in [6.07, 6.45) is 4.03. The minimum Gasteiger partial charge on any atom is -0.497 e. The van der Waals surface area contributed by atoms with E-state index in [0.717, 1.165) is 61.7 Å². The maximum atomic E-state index is 6.13. The fourth-order valence-corrected chi connectivity index (χ4v) is 4.03. The average molecular weight is 379 g/mol. The molecule has 0 amide bonds. The van der Waals surface area contributed by atoms with Crippen LogP contribution < -0.4 is 19.7 Å². The lowest BCUT2D eigenvalue weighted by Crippen LogP contribution is -2.55. The molecule has 0 aliphatic carbocycles. The van der Waals surface area contributed by atoms with E-state index in [1.165, 1.54) is 17.1 Å². The molecule has 7 heteroatoms. The molecule has 2 aliphatic rings. The second-order valence-corrected chi connectivity index (χ2v) is 7.49. The summed E-state index contributed by atoms with van der Waals surface area (Å²) < 4.78 is 13.4. The lowest BCUT2D eigenvalue weighted by atomic mass is 10.1. The minimum absolute atomic E-state index is 0.174. The van der Waals surface area contributed by atoms with Gasteiger partial charge in [0.05, 0.1) is 32.1 Å². The van der Waals surface area contributed by atoms with Crippen LogP contribution in [-0.4, -0.2) is 54.0 Å². The topological polar surface area (TPSA) is 63.9 Å². The number of methoxy groups -OCH3 is 1. The molecule has 1 saturated heterocycles. The molecule has 7 nitrogen and oxygen atoms in total. The summed E-state index contributed by atoms with van der Waals surface area (Å²) >= 11 is 0. The number of anilines is 1. The molecule has 1 aromatic carbocycles. The van der Waals surface area contributed by atoms with E-state index in [-0.39, 0.29) is 6.10 Å². The zero-order chi connectivity index (χ0) is 19.1. The molecule has 2 aromatic heterocycles. The van der Waals surface area contributed by atoms with E-state index in [1.54, 1.807) is 7.11 Å². The molecular formula is C21H25N5O2. The molecule has 1 N–H and O–H groups in total. The molecule has 0 bridgehead atoms. The monoisotopic (exact) mass is 379 g/mol. The summed E-state index contributed by atoms with van der Waals surface area (Å²) in [4.78, 5) is 7.30. The normalized spacial score (nSPS) is 17.1.